The van der Waals surface area contributed by atoms with Gasteiger partial charge in [0, 0.05) is 19.1 Å². The van der Waals surface area contributed by atoms with Gasteiger partial charge in [-0.2, -0.15) is 0 Å². The third-order valence-corrected chi connectivity index (χ3v) is 4.19. The minimum absolute atomic E-state index is 0.301. The predicted octanol–water partition coefficient (Wildman–Crippen LogP) is 0.345. The van der Waals surface area contributed by atoms with Crippen molar-refractivity contribution in [1.82, 2.24) is 10.0 Å². The van der Waals surface area contributed by atoms with Gasteiger partial charge in [0.05, 0.1) is 31.7 Å². The van der Waals surface area contributed by atoms with E-state index in [2.05, 4.69) is 23.9 Å². The predicted molar refractivity (Wildman–Crippen MR) is 76.8 cm³/mol. The van der Waals surface area contributed by atoms with Gasteiger partial charge in [-0.3, -0.25) is 0 Å². The molecule has 0 radical (unpaired) electrons. The standard InChI is InChI=1S/C12H28N2O4S/c1-11(2)13-5-7-17-9-10-18-8-6-14-19(15,16)12(3)4/h11-14H,5-10H2,1-4H3. The minimum atomic E-state index is -3.18. The largest absolute Gasteiger partial charge is 0.378 e. The van der Waals surface area contributed by atoms with Crippen molar-refractivity contribution in [2.24, 2.45) is 0 Å². The summed E-state index contributed by atoms with van der Waals surface area (Å²) >= 11 is 0. The lowest BCUT2D eigenvalue weighted by Gasteiger charge is -2.10. The molecule has 0 atom stereocenters. The van der Waals surface area contributed by atoms with E-state index in [1.807, 2.05) is 0 Å². The highest BCUT2D eigenvalue weighted by molar-refractivity contribution is 7.90. The van der Waals surface area contributed by atoms with Crippen LogP contribution in [0.3, 0.4) is 0 Å². The quantitative estimate of drug-likeness (QED) is 0.508. The molecule has 0 bridgehead atoms. The van der Waals surface area contributed by atoms with Gasteiger partial charge in [-0.25, -0.2) is 13.1 Å². The Balaban J connectivity index is 3.28. The minimum Gasteiger partial charge on any atom is -0.378 e. The molecule has 0 aromatic heterocycles. The van der Waals surface area contributed by atoms with Crippen LogP contribution in [0.15, 0.2) is 0 Å². The average Bonchev–Trinajstić information content (AvgIpc) is 2.30. The number of ether oxygens (including phenoxy) is 2. The van der Waals surface area contributed by atoms with Crippen LogP contribution in [0.2, 0.25) is 0 Å². The summed E-state index contributed by atoms with van der Waals surface area (Å²) in [6.07, 6.45) is 0. The molecule has 7 heteroatoms. The van der Waals surface area contributed by atoms with E-state index in [1.54, 1.807) is 13.8 Å². The van der Waals surface area contributed by atoms with Gasteiger partial charge in [-0.1, -0.05) is 13.8 Å². The summed E-state index contributed by atoms with van der Waals surface area (Å²) in [5.41, 5.74) is 0. The lowest BCUT2D eigenvalue weighted by molar-refractivity contribution is 0.0506. The fraction of sp³-hybridized carbons (Fsp3) is 1.00. The van der Waals surface area contributed by atoms with E-state index in [9.17, 15) is 8.42 Å². The first-order chi connectivity index (χ1) is 8.86. The Labute approximate surface area is 117 Å². The highest BCUT2D eigenvalue weighted by Crippen LogP contribution is 1.94. The third-order valence-electron chi connectivity index (χ3n) is 2.34. The van der Waals surface area contributed by atoms with Crippen molar-refractivity contribution < 1.29 is 17.9 Å². The Hall–Kier alpha value is -0.210. The highest BCUT2D eigenvalue weighted by Gasteiger charge is 2.13. The zero-order chi connectivity index (χ0) is 14.7. The summed E-state index contributed by atoms with van der Waals surface area (Å²) in [6, 6.07) is 0.467. The van der Waals surface area contributed by atoms with Crippen molar-refractivity contribution in [2.75, 3.05) is 39.5 Å². The number of sulfonamides is 1. The average molecular weight is 296 g/mol. The van der Waals surface area contributed by atoms with Crippen LogP contribution in [0.1, 0.15) is 27.7 Å². The molecule has 116 valence electrons. The Bertz CT molecular complexity index is 305. The Kier molecular flexibility index (Phi) is 10.4. The van der Waals surface area contributed by atoms with Gasteiger partial charge in [0.2, 0.25) is 10.0 Å². The Morgan fingerprint density at radius 2 is 1.42 bits per heavy atom. The molecule has 0 aromatic carbocycles. The van der Waals surface area contributed by atoms with Crippen molar-refractivity contribution >= 4 is 10.0 Å². The third kappa shape index (κ3) is 11.3. The van der Waals surface area contributed by atoms with Crippen molar-refractivity contribution in [3.05, 3.63) is 0 Å². The van der Waals surface area contributed by atoms with E-state index in [-0.39, 0.29) is 0 Å². The van der Waals surface area contributed by atoms with Crippen molar-refractivity contribution in [2.45, 2.75) is 39.0 Å². The normalized spacial score (nSPS) is 12.5. The van der Waals surface area contributed by atoms with Crippen LogP contribution in [-0.4, -0.2) is 59.2 Å². The molecule has 0 heterocycles. The number of rotatable bonds is 12. The number of hydrogen-bond donors (Lipinski definition) is 2. The smallest absolute Gasteiger partial charge is 0.214 e. The molecule has 0 amide bonds. The molecule has 0 aliphatic heterocycles. The first-order valence-electron chi connectivity index (χ1n) is 6.73. The second-order valence-electron chi connectivity index (χ2n) is 4.82. The molecule has 6 nitrogen and oxygen atoms in total. The lowest BCUT2D eigenvalue weighted by Crippen LogP contribution is -2.33. The van der Waals surface area contributed by atoms with E-state index >= 15 is 0 Å². The molecule has 19 heavy (non-hydrogen) atoms. The van der Waals surface area contributed by atoms with E-state index < -0.39 is 15.3 Å². The second kappa shape index (κ2) is 10.6. The van der Waals surface area contributed by atoms with E-state index in [0.717, 1.165) is 6.54 Å². The van der Waals surface area contributed by atoms with Gasteiger partial charge in [0.25, 0.3) is 0 Å². The fourth-order valence-corrected chi connectivity index (χ4v) is 1.87. The molecule has 2 N–H and O–H groups in total. The maximum absolute atomic E-state index is 11.4. The Morgan fingerprint density at radius 1 is 0.895 bits per heavy atom. The molecule has 0 fully saturated rings. The molecule has 0 aromatic rings. The molecular weight excluding hydrogens is 268 g/mol. The van der Waals surface area contributed by atoms with Gasteiger partial charge in [-0.15, -0.1) is 0 Å². The van der Waals surface area contributed by atoms with Crippen molar-refractivity contribution in [3.8, 4) is 0 Å². The molecular formula is C12H28N2O4S. The van der Waals surface area contributed by atoms with E-state index in [4.69, 9.17) is 9.47 Å². The summed E-state index contributed by atoms with van der Waals surface area (Å²) in [5.74, 6) is 0. The van der Waals surface area contributed by atoms with Gasteiger partial charge in [0.1, 0.15) is 0 Å². The summed E-state index contributed by atoms with van der Waals surface area (Å²) in [6.45, 7) is 10.6. The van der Waals surface area contributed by atoms with Crippen LogP contribution in [0.25, 0.3) is 0 Å². The zero-order valence-electron chi connectivity index (χ0n) is 12.4. The van der Waals surface area contributed by atoms with Crippen LogP contribution in [0, 0.1) is 0 Å². The van der Waals surface area contributed by atoms with Crippen LogP contribution in [0.5, 0.6) is 0 Å². The van der Waals surface area contributed by atoms with Crippen molar-refractivity contribution in [1.29, 1.82) is 0 Å². The molecule has 0 rings (SSSR count). The fourth-order valence-electron chi connectivity index (χ4n) is 1.16. The summed E-state index contributed by atoms with van der Waals surface area (Å²) < 4.78 is 35.9. The second-order valence-corrected chi connectivity index (χ2v) is 7.14. The van der Waals surface area contributed by atoms with Gasteiger partial charge in [-0.05, 0) is 13.8 Å². The SMILES string of the molecule is CC(C)NCCOCCOCCNS(=O)(=O)C(C)C. The molecule has 0 aliphatic rings. The van der Waals surface area contributed by atoms with Crippen LogP contribution in [0.4, 0.5) is 0 Å². The molecule has 0 unspecified atom stereocenters. The summed E-state index contributed by atoms with van der Waals surface area (Å²) in [4.78, 5) is 0. The van der Waals surface area contributed by atoms with Gasteiger partial charge < -0.3 is 14.8 Å². The lowest BCUT2D eigenvalue weighted by atomic mass is 10.4. The summed E-state index contributed by atoms with van der Waals surface area (Å²) in [5, 5.41) is 2.83. The Morgan fingerprint density at radius 3 is 1.89 bits per heavy atom. The summed E-state index contributed by atoms with van der Waals surface area (Å²) in [7, 11) is -3.18. The van der Waals surface area contributed by atoms with Crippen LogP contribution in [-0.2, 0) is 19.5 Å². The van der Waals surface area contributed by atoms with Crippen LogP contribution >= 0.6 is 0 Å². The van der Waals surface area contributed by atoms with E-state index in [0.29, 0.717) is 39.0 Å². The molecule has 0 saturated heterocycles. The molecule has 0 aliphatic carbocycles. The molecule has 0 saturated carbocycles. The molecule has 0 spiro atoms. The maximum Gasteiger partial charge on any atom is 0.214 e. The maximum atomic E-state index is 11.4. The van der Waals surface area contributed by atoms with Crippen molar-refractivity contribution in [3.63, 3.8) is 0 Å². The number of hydrogen-bond acceptors (Lipinski definition) is 5. The highest BCUT2D eigenvalue weighted by atomic mass is 32.2. The monoisotopic (exact) mass is 296 g/mol. The first kappa shape index (κ1) is 18.8. The first-order valence-corrected chi connectivity index (χ1v) is 8.28. The van der Waals surface area contributed by atoms with E-state index in [1.165, 1.54) is 0 Å². The van der Waals surface area contributed by atoms with Crippen LogP contribution < -0.4 is 10.0 Å². The van der Waals surface area contributed by atoms with Gasteiger partial charge >= 0.3 is 0 Å². The van der Waals surface area contributed by atoms with Gasteiger partial charge in [0.15, 0.2) is 0 Å². The zero-order valence-corrected chi connectivity index (χ0v) is 13.3. The topological polar surface area (TPSA) is 76.7 Å². The number of nitrogens with one attached hydrogen (secondary N) is 2.